The Morgan fingerprint density at radius 3 is 3.04 bits per heavy atom. The summed E-state index contributed by atoms with van der Waals surface area (Å²) in [5.41, 5.74) is 4.32. The van der Waals surface area contributed by atoms with Gasteiger partial charge < -0.3 is 4.74 Å². The maximum absolute atomic E-state index is 12.7. The Morgan fingerprint density at radius 1 is 1.30 bits per heavy atom. The number of fused-ring (bicyclic) bond motifs is 2. The van der Waals surface area contributed by atoms with Gasteiger partial charge in [0.25, 0.3) is 0 Å². The minimum atomic E-state index is 0.0966. The molecule has 0 N–H and O–H groups in total. The zero-order valence-corrected chi connectivity index (χ0v) is 13.0. The largest absolute Gasteiger partial charge is 0.497 e. The lowest BCUT2D eigenvalue weighted by atomic mass is 9.97. The van der Waals surface area contributed by atoms with Crippen LogP contribution in [0.5, 0.6) is 5.75 Å². The second kappa shape index (κ2) is 5.54. The fourth-order valence-corrected chi connectivity index (χ4v) is 3.47. The number of para-hydroxylation sites is 2. The molecule has 23 heavy (non-hydrogen) atoms. The summed E-state index contributed by atoms with van der Waals surface area (Å²) in [6, 6.07) is 13.9. The zero-order valence-electron chi connectivity index (χ0n) is 13.0. The molecule has 1 heterocycles. The summed E-state index contributed by atoms with van der Waals surface area (Å²) >= 11 is 0. The van der Waals surface area contributed by atoms with Gasteiger partial charge in [-0.1, -0.05) is 18.2 Å². The Labute approximate surface area is 134 Å². The highest BCUT2D eigenvalue weighted by Gasteiger charge is 2.26. The van der Waals surface area contributed by atoms with Crippen LogP contribution in [0.25, 0.3) is 11.0 Å². The van der Waals surface area contributed by atoms with E-state index in [4.69, 9.17) is 4.74 Å². The monoisotopic (exact) mass is 306 g/mol. The van der Waals surface area contributed by atoms with Gasteiger partial charge in [-0.2, -0.15) is 0 Å². The van der Waals surface area contributed by atoms with E-state index in [1.807, 2.05) is 30.3 Å². The summed E-state index contributed by atoms with van der Waals surface area (Å²) in [6.07, 6.45) is 4.18. The van der Waals surface area contributed by atoms with Crippen molar-refractivity contribution in [1.29, 1.82) is 0 Å². The van der Waals surface area contributed by atoms with Gasteiger partial charge in [-0.15, -0.1) is 0 Å². The van der Waals surface area contributed by atoms with E-state index in [2.05, 4.69) is 17.1 Å². The van der Waals surface area contributed by atoms with Crippen LogP contribution in [0, 0.1) is 0 Å². The molecule has 2 aromatic carbocycles. The molecule has 0 aliphatic heterocycles. The summed E-state index contributed by atoms with van der Waals surface area (Å²) in [7, 11) is 1.68. The SMILES string of the molecule is COc1ccc2c(c1)C(CC(=O)n1cnc3ccccc31)CC2. The summed E-state index contributed by atoms with van der Waals surface area (Å²) in [5, 5.41) is 0. The smallest absolute Gasteiger partial charge is 0.232 e. The third-order valence-electron chi connectivity index (χ3n) is 4.70. The quantitative estimate of drug-likeness (QED) is 0.739. The second-order valence-electron chi connectivity index (χ2n) is 6.00. The normalized spacial score (nSPS) is 16.5. The molecule has 1 aliphatic carbocycles. The van der Waals surface area contributed by atoms with Gasteiger partial charge in [-0.05, 0) is 54.2 Å². The molecule has 0 saturated heterocycles. The summed E-state index contributed by atoms with van der Waals surface area (Å²) < 4.78 is 7.00. The molecule has 3 aromatic rings. The van der Waals surface area contributed by atoms with Crippen molar-refractivity contribution in [3.63, 3.8) is 0 Å². The average Bonchev–Trinajstić information content (AvgIpc) is 3.18. The lowest BCUT2D eigenvalue weighted by Gasteiger charge is -2.12. The molecule has 0 bridgehead atoms. The van der Waals surface area contributed by atoms with Gasteiger partial charge in [0.15, 0.2) is 0 Å². The molecule has 0 amide bonds. The summed E-state index contributed by atoms with van der Waals surface area (Å²) in [5.74, 6) is 1.21. The van der Waals surface area contributed by atoms with Crippen molar-refractivity contribution < 1.29 is 9.53 Å². The number of imidazole rings is 1. The molecule has 4 rings (SSSR count). The van der Waals surface area contributed by atoms with Crippen molar-refractivity contribution >= 4 is 16.9 Å². The number of aromatic nitrogens is 2. The van der Waals surface area contributed by atoms with Gasteiger partial charge >= 0.3 is 0 Å². The highest BCUT2D eigenvalue weighted by Crippen LogP contribution is 2.37. The van der Waals surface area contributed by atoms with Crippen molar-refractivity contribution in [2.45, 2.75) is 25.2 Å². The molecular formula is C19H18N2O2. The first kappa shape index (κ1) is 14.0. The predicted octanol–water partition coefficient (Wildman–Crippen LogP) is 3.81. The predicted molar refractivity (Wildman–Crippen MR) is 89.0 cm³/mol. The molecule has 0 fully saturated rings. The number of carbonyl (C=O) groups is 1. The highest BCUT2D eigenvalue weighted by atomic mass is 16.5. The minimum Gasteiger partial charge on any atom is -0.497 e. The molecule has 1 atom stereocenters. The van der Waals surface area contributed by atoms with Crippen molar-refractivity contribution in [3.8, 4) is 5.75 Å². The van der Waals surface area contributed by atoms with Crippen LogP contribution in [0.4, 0.5) is 0 Å². The molecule has 0 saturated carbocycles. The lowest BCUT2D eigenvalue weighted by Crippen LogP contribution is -2.12. The molecule has 1 aromatic heterocycles. The lowest BCUT2D eigenvalue weighted by molar-refractivity contribution is 0.0897. The van der Waals surface area contributed by atoms with Crippen molar-refractivity contribution in [2.75, 3.05) is 7.11 Å². The molecule has 1 aliphatic rings. The van der Waals surface area contributed by atoms with Crippen LogP contribution >= 0.6 is 0 Å². The topological polar surface area (TPSA) is 44.1 Å². The number of hydrogen-bond acceptors (Lipinski definition) is 3. The number of methoxy groups -OCH3 is 1. The molecule has 4 nitrogen and oxygen atoms in total. The summed E-state index contributed by atoms with van der Waals surface area (Å²) in [4.78, 5) is 17.0. The fourth-order valence-electron chi connectivity index (χ4n) is 3.47. The number of nitrogens with zero attached hydrogens (tertiary/aromatic N) is 2. The Balaban J connectivity index is 1.61. The molecule has 0 radical (unpaired) electrons. The summed E-state index contributed by atoms with van der Waals surface area (Å²) in [6.45, 7) is 0. The van der Waals surface area contributed by atoms with Crippen LogP contribution < -0.4 is 4.74 Å². The number of ether oxygens (including phenoxy) is 1. The molecule has 0 spiro atoms. The van der Waals surface area contributed by atoms with E-state index in [1.54, 1.807) is 18.0 Å². The first-order chi connectivity index (χ1) is 11.3. The molecule has 116 valence electrons. The standard InChI is InChI=1S/C19H18N2O2/c1-23-15-9-8-13-6-7-14(16(13)11-15)10-19(22)21-12-20-17-4-2-3-5-18(17)21/h2-5,8-9,11-12,14H,6-7,10H2,1H3. The average molecular weight is 306 g/mol. The van der Waals surface area contributed by atoms with Gasteiger partial charge in [0, 0.05) is 6.42 Å². The maximum Gasteiger partial charge on any atom is 0.232 e. The van der Waals surface area contributed by atoms with Gasteiger partial charge in [-0.25, -0.2) is 4.98 Å². The molecular weight excluding hydrogens is 288 g/mol. The maximum atomic E-state index is 12.7. The van der Waals surface area contributed by atoms with Crippen molar-refractivity contribution in [1.82, 2.24) is 9.55 Å². The van der Waals surface area contributed by atoms with Gasteiger partial charge in [0.2, 0.25) is 5.91 Å². The van der Waals surface area contributed by atoms with Crippen molar-refractivity contribution in [2.24, 2.45) is 0 Å². The number of hydrogen-bond donors (Lipinski definition) is 0. The Bertz CT molecular complexity index is 882. The number of benzene rings is 2. The fraction of sp³-hybridized carbons (Fsp3) is 0.263. The van der Waals surface area contributed by atoms with Crippen LogP contribution in [0.3, 0.4) is 0 Å². The van der Waals surface area contributed by atoms with E-state index in [-0.39, 0.29) is 11.8 Å². The van der Waals surface area contributed by atoms with Crippen LogP contribution in [0.15, 0.2) is 48.8 Å². The van der Waals surface area contributed by atoms with E-state index in [0.717, 1.165) is 29.6 Å². The van der Waals surface area contributed by atoms with E-state index < -0.39 is 0 Å². The number of carbonyl (C=O) groups excluding carboxylic acids is 1. The first-order valence-corrected chi connectivity index (χ1v) is 7.88. The van der Waals surface area contributed by atoms with Crippen LogP contribution in [-0.4, -0.2) is 22.6 Å². The zero-order chi connectivity index (χ0) is 15.8. The third kappa shape index (κ3) is 2.40. The van der Waals surface area contributed by atoms with Crippen molar-refractivity contribution in [3.05, 3.63) is 59.9 Å². The Kier molecular flexibility index (Phi) is 3.37. The Hall–Kier alpha value is -2.62. The van der Waals surface area contributed by atoms with Crippen LogP contribution in [0.2, 0.25) is 0 Å². The van der Waals surface area contributed by atoms with E-state index >= 15 is 0 Å². The first-order valence-electron chi connectivity index (χ1n) is 7.88. The van der Waals surface area contributed by atoms with E-state index in [0.29, 0.717) is 6.42 Å². The Morgan fingerprint density at radius 2 is 2.17 bits per heavy atom. The van der Waals surface area contributed by atoms with Gasteiger partial charge in [0.1, 0.15) is 12.1 Å². The highest BCUT2D eigenvalue weighted by molar-refractivity contribution is 5.90. The third-order valence-corrected chi connectivity index (χ3v) is 4.70. The number of aryl methyl sites for hydroxylation is 1. The number of rotatable bonds is 3. The molecule has 4 heteroatoms. The van der Waals surface area contributed by atoms with Gasteiger partial charge in [-0.3, -0.25) is 9.36 Å². The molecule has 1 unspecified atom stereocenters. The van der Waals surface area contributed by atoms with Crippen LogP contribution in [-0.2, 0) is 6.42 Å². The second-order valence-corrected chi connectivity index (χ2v) is 6.00. The van der Waals surface area contributed by atoms with E-state index in [1.165, 1.54) is 11.1 Å². The van der Waals surface area contributed by atoms with Crippen LogP contribution in [0.1, 0.15) is 34.7 Å². The minimum absolute atomic E-state index is 0.0966. The van der Waals surface area contributed by atoms with E-state index in [9.17, 15) is 4.79 Å². The van der Waals surface area contributed by atoms with Gasteiger partial charge in [0.05, 0.1) is 18.1 Å².